The van der Waals surface area contributed by atoms with E-state index in [1.165, 1.54) is 0 Å². The highest BCUT2D eigenvalue weighted by Gasteiger charge is 2.09. The topological polar surface area (TPSA) is 59.0 Å². The van der Waals surface area contributed by atoms with E-state index in [0.717, 1.165) is 11.1 Å². The molecule has 4 heteroatoms. The molecular weight excluding hydrogens is 308 g/mol. The Morgan fingerprint density at radius 2 is 1.74 bits per heavy atom. The van der Waals surface area contributed by atoms with Gasteiger partial charge in [0.15, 0.2) is 0 Å². The normalized spacial score (nSPS) is 10.1. The van der Waals surface area contributed by atoms with Crippen molar-refractivity contribution >= 4 is 17.3 Å². The Morgan fingerprint density at radius 3 is 2.48 bits per heavy atom. The van der Waals surface area contributed by atoms with Gasteiger partial charge in [-0.05, 0) is 48.0 Å². The number of nitrogens with zero attached hydrogens (tertiary/aromatic N) is 1. The summed E-state index contributed by atoms with van der Waals surface area (Å²) >= 11 is 5.95. The molecule has 3 nitrogen and oxygen atoms in total. The average molecular weight is 321 g/mol. The molecule has 0 bridgehead atoms. The van der Waals surface area contributed by atoms with Gasteiger partial charge in [-0.3, -0.25) is 0 Å². The van der Waals surface area contributed by atoms with Crippen molar-refractivity contribution < 1.29 is 4.74 Å². The average Bonchev–Trinajstić information content (AvgIpc) is 2.56. The van der Waals surface area contributed by atoms with E-state index in [-0.39, 0.29) is 0 Å². The van der Waals surface area contributed by atoms with Crippen LogP contribution in [-0.4, -0.2) is 0 Å². The summed E-state index contributed by atoms with van der Waals surface area (Å²) in [4.78, 5) is 0. The molecule has 3 rings (SSSR count). The Kier molecular flexibility index (Phi) is 4.18. The minimum absolute atomic E-state index is 0.541. The highest BCUT2D eigenvalue weighted by Crippen LogP contribution is 2.35. The largest absolute Gasteiger partial charge is 0.457 e. The van der Waals surface area contributed by atoms with Crippen molar-refractivity contribution in [3.8, 4) is 28.7 Å². The van der Waals surface area contributed by atoms with Crippen molar-refractivity contribution in [2.45, 2.75) is 0 Å². The Hall–Kier alpha value is -2.96. The summed E-state index contributed by atoms with van der Waals surface area (Å²) in [6.45, 7) is 0. The summed E-state index contributed by atoms with van der Waals surface area (Å²) in [5, 5.41) is 9.67. The molecule has 2 N–H and O–H groups in total. The standard InChI is InChI=1S/C19H13ClN2O/c20-15-6-4-14(5-7-15)18-9-8-16(22)11-19(18)23-17-3-1-2-13(10-17)12-21/h1-11H,22H2. The second kappa shape index (κ2) is 6.43. The van der Waals surface area contributed by atoms with Crippen LogP contribution >= 0.6 is 11.6 Å². The Bertz CT molecular complexity index is 883. The molecule has 0 heterocycles. The van der Waals surface area contributed by atoms with Gasteiger partial charge in [0.25, 0.3) is 0 Å². The van der Waals surface area contributed by atoms with Crippen LogP contribution in [-0.2, 0) is 0 Å². The number of hydrogen-bond donors (Lipinski definition) is 1. The zero-order chi connectivity index (χ0) is 16.2. The van der Waals surface area contributed by atoms with Crippen LogP contribution in [0.1, 0.15) is 5.56 Å². The SMILES string of the molecule is N#Cc1cccc(Oc2cc(N)ccc2-c2ccc(Cl)cc2)c1. The van der Waals surface area contributed by atoms with Crippen molar-refractivity contribution in [1.82, 2.24) is 0 Å². The molecule has 0 atom stereocenters. The molecule has 0 fully saturated rings. The van der Waals surface area contributed by atoms with E-state index >= 15 is 0 Å². The third-order valence-electron chi connectivity index (χ3n) is 3.35. The van der Waals surface area contributed by atoms with Crippen LogP contribution in [0.15, 0.2) is 66.7 Å². The number of anilines is 1. The van der Waals surface area contributed by atoms with Gasteiger partial charge in [-0.1, -0.05) is 29.8 Å². The van der Waals surface area contributed by atoms with Gasteiger partial charge in [0, 0.05) is 22.3 Å². The van der Waals surface area contributed by atoms with Crippen LogP contribution < -0.4 is 10.5 Å². The van der Waals surface area contributed by atoms with Crippen molar-refractivity contribution in [2.24, 2.45) is 0 Å². The number of nitrogens with two attached hydrogens (primary N) is 1. The van der Waals surface area contributed by atoms with E-state index in [4.69, 9.17) is 27.3 Å². The number of nitrogen functional groups attached to an aromatic ring is 1. The second-order valence-electron chi connectivity index (χ2n) is 5.00. The molecule has 0 saturated carbocycles. The monoisotopic (exact) mass is 320 g/mol. The third-order valence-corrected chi connectivity index (χ3v) is 3.60. The fourth-order valence-corrected chi connectivity index (χ4v) is 2.37. The Morgan fingerprint density at radius 1 is 0.957 bits per heavy atom. The number of benzene rings is 3. The molecule has 23 heavy (non-hydrogen) atoms. The summed E-state index contributed by atoms with van der Waals surface area (Å²) in [5.74, 6) is 1.22. The molecule has 0 saturated heterocycles. The van der Waals surface area contributed by atoms with Crippen molar-refractivity contribution in [1.29, 1.82) is 5.26 Å². The molecular formula is C19H13ClN2O. The molecule has 3 aromatic carbocycles. The maximum absolute atomic E-state index is 8.99. The van der Waals surface area contributed by atoms with Crippen LogP contribution in [0.4, 0.5) is 5.69 Å². The maximum Gasteiger partial charge on any atom is 0.137 e. The van der Waals surface area contributed by atoms with Gasteiger partial charge in [0.1, 0.15) is 11.5 Å². The van der Waals surface area contributed by atoms with E-state index in [1.54, 1.807) is 30.3 Å². The zero-order valence-corrected chi connectivity index (χ0v) is 12.9. The van der Waals surface area contributed by atoms with Crippen molar-refractivity contribution in [3.63, 3.8) is 0 Å². The number of ether oxygens (including phenoxy) is 1. The smallest absolute Gasteiger partial charge is 0.137 e. The molecule has 3 aromatic rings. The van der Waals surface area contributed by atoms with E-state index in [0.29, 0.717) is 27.8 Å². The lowest BCUT2D eigenvalue weighted by Crippen LogP contribution is -1.92. The summed E-state index contributed by atoms with van der Waals surface area (Å²) in [5.41, 5.74) is 8.91. The number of rotatable bonds is 3. The van der Waals surface area contributed by atoms with Gasteiger partial charge >= 0.3 is 0 Å². The first-order valence-corrected chi connectivity index (χ1v) is 7.37. The second-order valence-corrected chi connectivity index (χ2v) is 5.44. The molecule has 0 amide bonds. The van der Waals surface area contributed by atoms with Gasteiger partial charge in [-0.25, -0.2) is 0 Å². The Balaban J connectivity index is 2.02. The lowest BCUT2D eigenvalue weighted by atomic mass is 10.0. The fourth-order valence-electron chi connectivity index (χ4n) is 2.25. The van der Waals surface area contributed by atoms with Crippen LogP contribution in [0.3, 0.4) is 0 Å². The molecule has 0 radical (unpaired) electrons. The van der Waals surface area contributed by atoms with Crippen LogP contribution in [0, 0.1) is 11.3 Å². The Labute approximate surface area is 139 Å². The van der Waals surface area contributed by atoms with Crippen LogP contribution in [0.25, 0.3) is 11.1 Å². The molecule has 0 aromatic heterocycles. The van der Waals surface area contributed by atoms with E-state index < -0.39 is 0 Å². The minimum Gasteiger partial charge on any atom is -0.457 e. The highest BCUT2D eigenvalue weighted by molar-refractivity contribution is 6.30. The van der Waals surface area contributed by atoms with Gasteiger partial charge in [-0.15, -0.1) is 0 Å². The quantitative estimate of drug-likeness (QED) is 0.670. The molecule has 0 aliphatic carbocycles. The van der Waals surface area contributed by atoms with Gasteiger partial charge in [0.05, 0.1) is 11.6 Å². The first kappa shape index (κ1) is 15.0. The van der Waals surface area contributed by atoms with E-state index in [9.17, 15) is 0 Å². The fraction of sp³-hybridized carbons (Fsp3) is 0. The van der Waals surface area contributed by atoms with Crippen molar-refractivity contribution in [3.05, 3.63) is 77.3 Å². The molecule has 0 spiro atoms. The van der Waals surface area contributed by atoms with E-state index in [1.807, 2.05) is 36.4 Å². The predicted octanol–water partition coefficient (Wildman–Crippen LogP) is 5.25. The molecule has 0 aliphatic heterocycles. The molecule has 0 unspecified atom stereocenters. The number of nitriles is 1. The van der Waals surface area contributed by atoms with Gasteiger partial charge < -0.3 is 10.5 Å². The minimum atomic E-state index is 0.541. The predicted molar refractivity (Wildman–Crippen MR) is 92.5 cm³/mol. The van der Waals surface area contributed by atoms with Gasteiger partial charge in [0.2, 0.25) is 0 Å². The van der Waals surface area contributed by atoms with Crippen LogP contribution in [0.2, 0.25) is 5.02 Å². The first-order valence-electron chi connectivity index (χ1n) is 6.99. The summed E-state index contributed by atoms with van der Waals surface area (Å²) in [6.07, 6.45) is 0. The third kappa shape index (κ3) is 3.45. The lowest BCUT2D eigenvalue weighted by Gasteiger charge is -2.12. The van der Waals surface area contributed by atoms with Crippen LogP contribution in [0.5, 0.6) is 11.5 Å². The maximum atomic E-state index is 8.99. The summed E-state index contributed by atoms with van der Waals surface area (Å²) in [7, 11) is 0. The lowest BCUT2D eigenvalue weighted by molar-refractivity contribution is 0.484. The first-order chi connectivity index (χ1) is 11.2. The van der Waals surface area contributed by atoms with Gasteiger partial charge in [-0.2, -0.15) is 5.26 Å². The zero-order valence-electron chi connectivity index (χ0n) is 12.2. The van der Waals surface area contributed by atoms with E-state index in [2.05, 4.69) is 6.07 Å². The summed E-state index contributed by atoms with van der Waals surface area (Å²) in [6, 6.07) is 22.1. The number of halogens is 1. The molecule has 0 aliphatic rings. The summed E-state index contributed by atoms with van der Waals surface area (Å²) < 4.78 is 5.95. The molecule has 112 valence electrons. The van der Waals surface area contributed by atoms with Crippen molar-refractivity contribution in [2.75, 3.05) is 5.73 Å². The number of hydrogen-bond acceptors (Lipinski definition) is 3. The highest BCUT2D eigenvalue weighted by atomic mass is 35.5.